The summed E-state index contributed by atoms with van der Waals surface area (Å²) < 4.78 is 52.3. The molecule has 0 aliphatic carbocycles. The minimum atomic E-state index is -4.82. The fourth-order valence-corrected chi connectivity index (χ4v) is 4.61. The lowest BCUT2D eigenvalue weighted by Gasteiger charge is -2.32. The van der Waals surface area contributed by atoms with Crippen LogP contribution in [0.25, 0.3) is 0 Å². The summed E-state index contributed by atoms with van der Waals surface area (Å²) in [6.07, 6.45) is -5.88. The smallest absolute Gasteiger partial charge is 0.419 e. The summed E-state index contributed by atoms with van der Waals surface area (Å²) in [6.45, 7) is 0.490. The molecule has 11 heteroatoms. The zero-order valence-electron chi connectivity index (χ0n) is 20.6. The van der Waals surface area contributed by atoms with Crippen LogP contribution >= 0.6 is 0 Å². The number of nitrogens with one attached hydrogen (secondary N) is 2. The second-order valence-electron chi connectivity index (χ2n) is 9.18. The first kappa shape index (κ1) is 27.6. The van der Waals surface area contributed by atoms with Crippen molar-refractivity contribution >= 4 is 23.6 Å². The van der Waals surface area contributed by atoms with Gasteiger partial charge in [-0.3, -0.25) is 9.59 Å². The maximum absolute atomic E-state index is 13.9. The number of nitrogens with zero attached hydrogens (tertiary/aromatic N) is 1. The zero-order chi connectivity index (χ0) is 28.2. The molecule has 1 aliphatic heterocycles. The van der Waals surface area contributed by atoms with Crippen molar-refractivity contribution in [2.24, 2.45) is 0 Å². The molecular weight excluding hydrogens is 518 g/mol. The van der Waals surface area contributed by atoms with Gasteiger partial charge < -0.3 is 20.6 Å². The summed E-state index contributed by atoms with van der Waals surface area (Å²) in [6, 6.07) is 15.6. The Balaban J connectivity index is 1.44. The van der Waals surface area contributed by atoms with Crippen LogP contribution in [-0.2, 0) is 41.6 Å². The van der Waals surface area contributed by atoms with E-state index in [0.29, 0.717) is 24.2 Å². The number of halogens is 4. The van der Waals surface area contributed by atoms with Crippen molar-refractivity contribution in [1.82, 2.24) is 10.2 Å². The standard InChI is InChI=1S/C28H25F4N3O4/c29-22-13-18(9-10-21(22)28(30,31)32)15-25(36)33-23-8-4-7-19-16-35(12-11-20(19)23)26(37)24(34-27(38)39)14-17-5-2-1-3-6-17/h1-10,13,24,34H,11-12,14-16H2,(H,33,36)(H,38,39). The van der Waals surface area contributed by atoms with Crippen LogP contribution in [0.1, 0.15) is 27.8 Å². The van der Waals surface area contributed by atoms with Crippen LogP contribution in [0.15, 0.2) is 66.7 Å². The second kappa shape index (κ2) is 11.5. The van der Waals surface area contributed by atoms with Gasteiger partial charge in [0.25, 0.3) is 0 Å². The van der Waals surface area contributed by atoms with E-state index in [1.54, 1.807) is 35.2 Å². The zero-order valence-corrected chi connectivity index (χ0v) is 20.6. The highest BCUT2D eigenvalue weighted by atomic mass is 19.4. The Bertz CT molecular complexity index is 1380. The first-order valence-corrected chi connectivity index (χ1v) is 12.1. The Morgan fingerprint density at radius 2 is 1.72 bits per heavy atom. The highest BCUT2D eigenvalue weighted by Gasteiger charge is 2.34. The van der Waals surface area contributed by atoms with E-state index in [4.69, 9.17) is 0 Å². The van der Waals surface area contributed by atoms with Crippen LogP contribution < -0.4 is 10.6 Å². The fourth-order valence-electron chi connectivity index (χ4n) is 4.61. The average molecular weight is 544 g/mol. The largest absolute Gasteiger partial charge is 0.465 e. The number of carbonyl (C=O) groups excluding carboxylic acids is 2. The van der Waals surface area contributed by atoms with Gasteiger partial charge in [-0.2, -0.15) is 13.2 Å². The first-order valence-electron chi connectivity index (χ1n) is 12.1. The van der Waals surface area contributed by atoms with Crippen LogP contribution in [0.5, 0.6) is 0 Å². The molecule has 7 nitrogen and oxygen atoms in total. The topological polar surface area (TPSA) is 98.7 Å². The lowest BCUT2D eigenvalue weighted by atomic mass is 9.96. The van der Waals surface area contributed by atoms with Crippen molar-refractivity contribution in [3.05, 3.63) is 100 Å². The summed E-state index contributed by atoms with van der Waals surface area (Å²) in [5.41, 5.74) is 1.55. The van der Waals surface area contributed by atoms with Gasteiger partial charge in [0, 0.05) is 25.2 Å². The Labute approximate surface area is 221 Å². The number of hydrogen-bond acceptors (Lipinski definition) is 3. The van der Waals surface area contributed by atoms with Crippen molar-refractivity contribution in [2.45, 2.75) is 38.0 Å². The molecule has 0 aromatic heterocycles. The number of fused-ring (bicyclic) bond motifs is 1. The van der Waals surface area contributed by atoms with Crippen molar-refractivity contribution < 1.29 is 37.1 Å². The van der Waals surface area contributed by atoms with Crippen LogP contribution in [0.3, 0.4) is 0 Å². The van der Waals surface area contributed by atoms with Gasteiger partial charge in [-0.1, -0.05) is 48.5 Å². The number of alkyl halides is 3. The molecule has 1 unspecified atom stereocenters. The molecule has 0 saturated carbocycles. The van der Waals surface area contributed by atoms with Gasteiger partial charge in [0.2, 0.25) is 11.8 Å². The molecule has 0 saturated heterocycles. The van der Waals surface area contributed by atoms with Crippen LogP contribution in [-0.4, -0.2) is 40.5 Å². The molecule has 3 N–H and O–H groups in total. The predicted octanol–water partition coefficient (Wildman–Crippen LogP) is 4.79. The Morgan fingerprint density at radius 3 is 2.38 bits per heavy atom. The molecule has 4 rings (SSSR count). The fraction of sp³-hybridized carbons (Fsp3) is 0.250. The Hall–Kier alpha value is -4.41. The van der Waals surface area contributed by atoms with Crippen LogP contribution in [0, 0.1) is 5.82 Å². The van der Waals surface area contributed by atoms with Gasteiger partial charge in [0.15, 0.2) is 0 Å². The molecule has 1 atom stereocenters. The lowest BCUT2D eigenvalue weighted by molar-refractivity contribution is -0.140. The van der Waals surface area contributed by atoms with E-state index in [0.717, 1.165) is 22.8 Å². The highest BCUT2D eigenvalue weighted by molar-refractivity contribution is 5.93. The SMILES string of the molecule is O=C(O)NC(Cc1ccccc1)C(=O)N1CCc2c(cccc2NC(=O)Cc2ccc(C(F)(F)F)c(F)c2)C1. The van der Waals surface area contributed by atoms with Gasteiger partial charge in [0.05, 0.1) is 12.0 Å². The minimum absolute atomic E-state index is 0.0926. The highest BCUT2D eigenvalue weighted by Crippen LogP contribution is 2.32. The molecule has 1 aliphatic rings. The Morgan fingerprint density at radius 1 is 0.974 bits per heavy atom. The number of carboxylic acid groups (broad SMARTS) is 1. The molecular formula is C28H25F4N3O4. The number of rotatable bonds is 7. The lowest BCUT2D eigenvalue weighted by Crippen LogP contribution is -2.50. The third-order valence-electron chi connectivity index (χ3n) is 6.43. The maximum Gasteiger partial charge on any atom is 0.419 e. The molecule has 1 heterocycles. The predicted molar refractivity (Wildman–Crippen MR) is 134 cm³/mol. The number of hydrogen-bond donors (Lipinski definition) is 3. The summed E-state index contributed by atoms with van der Waals surface area (Å²) in [5.74, 6) is -2.35. The van der Waals surface area contributed by atoms with E-state index in [1.165, 1.54) is 0 Å². The van der Waals surface area contributed by atoms with Gasteiger partial charge in [-0.15, -0.1) is 0 Å². The van der Waals surface area contributed by atoms with E-state index in [2.05, 4.69) is 10.6 Å². The van der Waals surface area contributed by atoms with Crippen LogP contribution in [0.4, 0.5) is 28.0 Å². The second-order valence-corrected chi connectivity index (χ2v) is 9.18. The van der Waals surface area contributed by atoms with Gasteiger partial charge in [-0.25, -0.2) is 9.18 Å². The first-order chi connectivity index (χ1) is 18.5. The van der Waals surface area contributed by atoms with Gasteiger partial charge >= 0.3 is 12.3 Å². The summed E-state index contributed by atoms with van der Waals surface area (Å²) in [5, 5.41) is 14.3. The molecule has 0 bridgehead atoms. The van der Waals surface area contributed by atoms with E-state index < -0.39 is 35.6 Å². The molecule has 3 amide bonds. The molecule has 0 spiro atoms. The van der Waals surface area contributed by atoms with E-state index in [9.17, 15) is 37.1 Å². The third kappa shape index (κ3) is 6.92. The average Bonchev–Trinajstić information content (AvgIpc) is 2.87. The number of benzene rings is 3. The Kier molecular flexibility index (Phi) is 8.18. The third-order valence-corrected chi connectivity index (χ3v) is 6.43. The minimum Gasteiger partial charge on any atom is -0.465 e. The molecule has 3 aromatic carbocycles. The van der Waals surface area contributed by atoms with E-state index in [-0.39, 0.29) is 37.4 Å². The summed E-state index contributed by atoms with van der Waals surface area (Å²) >= 11 is 0. The monoisotopic (exact) mass is 543 g/mol. The quantitative estimate of drug-likeness (QED) is 0.374. The van der Waals surface area contributed by atoms with E-state index >= 15 is 0 Å². The molecule has 204 valence electrons. The molecule has 0 radical (unpaired) electrons. The van der Waals surface area contributed by atoms with Crippen LogP contribution in [0.2, 0.25) is 0 Å². The van der Waals surface area contributed by atoms with E-state index in [1.807, 2.05) is 18.2 Å². The molecule has 39 heavy (non-hydrogen) atoms. The molecule has 3 aromatic rings. The number of amides is 3. The number of carbonyl (C=O) groups is 3. The number of anilines is 1. The normalized spacial score (nSPS) is 13.8. The van der Waals surface area contributed by atoms with Crippen molar-refractivity contribution in [2.75, 3.05) is 11.9 Å². The maximum atomic E-state index is 13.9. The summed E-state index contributed by atoms with van der Waals surface area (Å²) in [7, 11) is 0. The summed E-state index contributed by atoms with van der Waals surface area (Å²) in [4.78, 5) is 38.8. The van der Waals surface area contributed by atoms with Gasteiger partial charge in [0.1, 0.15) is 11.9 Å². The van der Waals surface area contributed by atoms with Crippen molar-refractivity contribution in [1.29, 1.82) is 0 Å². The molecule has 0 fully saturated rings. The van der Waals surface area contributed by atoms with Crippen molar-refractivity contribution in [3.63, 3.8) is 0 Å². The van der Waals surface area contributed by atoms with Gasteiger partial charge in [-0.05, 0) is 46.9 Å². The van der Waals surface area contributed by atoms with Crippen molar-refractivity contribution in [3.8, 4) is 0 Å².